The lowest BCUT2D eigenvalue weighted by Gasteiger charge is -2.28. The Morgan fingerprint density at radius 2 is 1.95 bits per heavy atom. The second-order valence-corrected chi connectivity index (χ2v) is 6.93. The summed E-state index contributed by atoms with van der Waals surface area (Å²) in [4.78, 5) is 14.3. The van der Waals surface area contributed by atoms with Crippen molar-refractivity contribution >= 4 is 28.5 Å². The zero-order chi connectivity index (χ0) is 16.3. The number of hydrogen-bond donors (Lipinski definition) is 1. The first-order chi connectivity index (χ1) is 10.3. The number of halogens is 4. The number of hydrogen-bond acceptors (Lipinski definition) is 2. The number of nitrogens with zero attached hydrogens (tertiary/aromatic N) is 1. The van der Waals surface area contributed by atoms with Crippen molar-refractivity contribution in [3.63, 3.8) is 0 Å². The molecule has 122 valence electrons. The first-order valence-electron chi connectivity index (χ1n) is 7.10. The number of piperidine rings is 1. The summed E-state index contributed by atoms with van der Waals surface area (Å²) in [5.41, 5.74) is -0.726. The second-order valence-electron chi connectivity index (χ2n) is 5.68. The van der Waals surface area contributed by atoms with Crippen molar-refractivity contribution in [1.29, 1.82) is 0 Å². The summed E-state index contributed by atoms with van der Waals surface area (Å²) in [5.74, 6) is -0.0482. The minimum atomic E-state index is -4.44. The molecular formula is C15H18F3IN2O. The number of carbonyl (C=O) groups excluding carboxylic acids is 1. The molecule has 0 atom stereocenters. The fourth-order valence-corrected chi connectivity index (χ4v) is 3.16. The number of nitrogens with one attached hydrogen (secondary N) is 1. The average Bonchev–Trinajstić information content (AvgIpc) is 2.45. The molecule has 0 radical (unpaired) electrons. The zero-order valence-corrected chi connectivity index (χ0v) is 14.4. The summed E-state index contributed by atoms with van der Waals surface area (Å²) < 4.78 is 38.8. The molecule has 1 fully saturated rings. The van der Waals surface area contributed by atoms with E-state index in [0.29, 0.717) is 16.0 Å². The van der Waals surface area contributed by atoms with Crippen molar-refractivity contribution in [2.24, 2.45) is 5.92 Å². The molecule has 1 N–H and O–H groups in total. The van der Waals surface area contributed by atoms with Crippen molar-refractivity contribution < 1.29 is 18.0 Å². The van der Waals surface area contributed by atoms with Gasteiger partial charge in [0, 0.05) is 15.7 Å². The Morgan fingerprint density at radius 3 is 2.55 bits per heavy atom. The van der Waals surface area contributed by atoms with Crippen LogP contribution in [0, 0.1) is 9.49 Å². The standard InChI is InChI=1S/C15H18F3IN2O/c1-21-4-2-10(3-5-21)9-20-14(22)11-6-12(15(16,17)18)8-13(19)7-11/h6-8,10H,2-5,9H2,1H3,(H,20,22). The lowest BCUT2D eigenvalue weighted by molar-refractivity contribution is -0.137. The van der Waals surface area contributed by atoms with Crippen LogP contribution in [0.5, 0.6) is 0 Å². The molecule has 1 aliphatic rings. The van der Waals surface area contributed by atoms with Crippen LogP contribution in [0.1, 0.15) is 28.8 Å². The van der Waals surface area contributed by atoms with E-state index in [1.165, 1.54) is 6.07 Å². The van der Waals surface area contributed by atoms with Crippen LogP contribution in [0.2, 0.25) is 0 Å². The van der Waals surface area contributed by atoms with Crippen LogP contribution in [-0.2, 0) is 6.18 Å². The Morgan fingerprint density at radius 1 is 1.32 bits per heavy atom. The monoisotopic (exact) mass is 426 g/mol. The normalized spacial score (nSPS) is 17.5. The van der Waals surface area contributed by atoms with Crippen LogP contribution >= 0.6 is 22.6 Å². The maximum atomic E-state index is 12.8. The molecule has 0 aliphatic carbocycles. The number of alkyl halides is 3. The van der Waals surface area contributed by atoms with E-state index in [-0.39, 0.29) is 5.56 Å². The minimum Gasteiger partial charge on any atom is -0.352 e. The molecule has 7 heteroatoms. The van der Waals surface area contributed by atoms with Gasteiger partial charge in [-0.2, -0.15) is 13.2 Å². The Kier molecular flexibility index (Phi) is 5.70. The molecule has 3 nitrogen and oxygen atoms in total. The van der Waals surface area contributed by atoms with Gasteiger partial charge in [-0.3, -0.25) is 4.79 Å². The van der Waals surface area contributed by atoms with Crippen molar-refractivity contribution in [1.82, 2.24) is 10.2 Å². The molecule has 22 heavy (non-hydrogen) atoms. The molecule has 1 aliphatic heterocycles. The summed E-state index contributed by atoms with van der Waals surface area (Å²) in [5, 5.41) is 2.76. The smallest absolute Gasteiger partial charge is 0.352 e. The fourth-order valence-electron chi connectivity index (χ4n) is 2.49. The van der Waals surface area contributed by atoms with E-state index in [2.05, 4.69) is 17.3 Å². The predicted octanol–water partition coefficient (Wildman–Crippen LogP) is 3.38. The fraction of sp³-hybridized carbons (Fsp3) is 0.533. The second kappa shape index (κ2) is 7.16. The molecule has 1 aromatic carbocycles. The van der Waals surface area contributed by atoms with Crippen LogP contribution < -0.4 is 5.32 Å². The minimum absolute atomic E-state index is 0.0622. The van der Waals surface area contributed by atoms with E-state index < -0.39 is 17.6 Å². The van der Waals surface area contributed by atoms with E-state index in [0.717, 1.165) is 38.1 Å². The SMILES string of the molecule is CN1CCC(CNC(=O)c2cc(I)cc(C(F)(F)F)c2)CC1. The van der Waals surface area contributed by atoms with Gasteiger partial charge < -0.3 is 10.2 Å². The molecule has 1 amide bonds. The van der Waals surface area contributed by atoms with Crippen LogP contribution in [0.15, 0.2) is 18.2 Å². The van der Waals surface area contributed by atoms with Crippen molar-refractivity contribution in [3.05, 3.63) is 32.9 Å². The number of benzene rings is 1. The van der Waals surface area contributed by atoms with Gasteiger partial charge in [-0.1, -0.05) is 0 Å². The van der Waals surface area contributed by atoms with E-state index in [1.807, 2.05) is 0 Å². The molecule has 2 rings (SSSR count). The highest BCUT2D eigenvalue weighted by molar-refractivity contribution is 14.1. The molecule has 1 aromatic rings. The number of rotatable bonds is 3. The van der Waals surface area contributed by atoms with Gasteiger partial charge in [0.2, 0.25) is 0 Å². The van der Waals surface area contributed by atoms with Gasteiger partial charge in [0.1, 0.15) is 0 Å². The topological polar surface area (TPSA) is 32.3 Å². The third kappa shape index (κ3) is 4.84. The summed E-state index contributed by atoms with van der Waals surface area (Å²) in [6, 6.07) is 3.42. The van der Waals surface area contributed by atoms with Crippen molar-refractivity contribution in [2.75, 3.05) is 26.7 Å². The van der Waals surface area contributed by atoms with Gasteiger partial charge in [-0.25, -0.2) is 0 Å². The highest BCUT2D eigenvalue weighted by atomic mass is 127. The Bertz CT molecular complexity index is 540. The zero-order valence-electron chi connectivity index (χ0n) is 12.2. The third-order valence-corrected chi connectivity index (χ3v) is 4.50. The molecule has 0 aromatic heterocycles. The van der Waals surface area contributed by atoms with E-state index >= 15 is 0 Å². The van der Waals surface area contributed by atoms with Crippen molar-refractivity contribution in [2.45, 2.75) is 19.0 Å². The highest BCUT2D eigenvalue weighted by Crippen LogP contribution is 2.31. The van der Waals surface area contributed by atoms with Gasteiger partial charge in [0.15, 0.2) is 0 Å². The number of amides is 1. The largest absolute Gasteiger partial charge is 0.416 e. The maximum absolute atomic E-state index is 12.8. The Hall–Kier alpha value is -0.830. The van der Waals surface area contributed by atoms with Crippen LogP contribution in [0.4, 0.5) is 13.2 Å². The molecule has 0 saturated carbocycles. The summed E-state index contributed by atoms with van der Waals surface area (Å²) >= 11 is 1.79. The van der Waals surface area contributed by atoms with E-state index in [4.69, 9.17) is 0 Å². The van der Waals surface area contributed by atoms with Crippen LogP contribution in [0.25, 0.3) is 0 Å². The molecular weight excluding hydrogens is 408 g/mol. The molecule has 1 saturated heterocycles. The van der Waals surface area contributed by atoms with Gasteiger partial charge in [-0.15, -0.1) is 0 Å². The third-order valence-electron chi connectivity index (χ3n) is 3.88. The molecule has 0 bridgehead atoms. The first-order valence-corrected chi connectivity index (χ1v) is 8.18. The highest BCUT2D eigenvalue weighted by Gasteiger charge is 2.31. The average molecular weight is 426 g/mol. The van der Waals surface area contributed by atoms with Crippen LogP contribution in [0.3, 0.4) is 0 Å². The lowest BCUT2D eigenvalue weighted by atomic mass is 9.97. The maximum Gasteiger partial charge on any atom is 0.416 e. The predicted molar refractivity (Wildman–Crippen MR) is 86.7 cm³/mol. The van der Waals surface area contributed by atoms with E-state index in [9.17, 15) is 18.0 Å². The molecule has 0 spiro atoms. The summed E-state index contributed by atoms with van der Waals surface area (Å²) in [6.07, 6.45) is -2.45. The quantitative estimate of drug-likeness (QED) is 0.752. The lowest BCUT2D eigenvalue weighted by Crippen LogP contribution is -2.36. The molecule has 1 heterocycles. The summed E-state index contributed by atoms with van der Waals surface area (Å²) in [7, 11) is 2.05. The van der Waals surface area contributed by atoms with Gasteiger partial charge in [0.05, 0.1) is 5.56 Å². The van der Waals surface area contributed by atoms with Gasteiger partial charge >= 0.3 is 6.18 Å². The number of likely N-dealkylation sites (tertiary alicyclic amines) is 1. The Balaban J connectivity index is 1.99. The van der Waals surface area contributed by atoms with Crippen LogP contribution in [-0.4, -0.2) is 37.5 Å². The van der Waals surface area contributed by atoms with Gasteiger partial charge in [-0.05, 0) is 79.7 Å². The number of carbonyl (C=O) groups is 1. The first kappa shape index (κ1) is 17.5. The Labute approximate surface area is 141 Å². The molecule has 0 unspecified atom stereocenters. The van der Waals surface area contributed by atoms with E-state index in [1.54, 1.807) is 22.6 Å². The summed E-state index contributed by atoms with van der Waals surface area (Å²) in [6.45, 7) is 2.49. The van der Waals surface area contributed by atoms with Crippen molar-refractivity contribution in [3.8, 4) is 0 Å². The van der Waals surface area contributed by atoms with Gasteiger partial charge in [0.25, 0.3) is 5.91 Å².